The second kappa shape index (κ2) is 8.91. The number of aromatic nitrogens is 1. The number of para-hydroxylation sites is 1. The zero-order chi connectivity index (χ0) is 20.1. The van der Waals surface area contributed by atoms with Crippen LogP contribution in [0.3, 0.4) is 0 Å². The zero-order valence-corrected chi connectivity index (χ0v) is 16.0. The van der Waals surface area contributed by atoms with Crippen LogP contribution in [0.1, 0.15) is 23.2 Å². The summed E-state index contributed by atoms with van der Waals surface area (Å²) in [5, 5.41) is 2.79. The Morgan fingerprint density at radius 3 is 2.69 bits per heavy atom. The molecule has 0 aliphatic carbocycles. The van der Waals surface area contributed by atoms with Gasteiger partial charge in [0.05, 0.1) is 31.9 Å². The Morgan fingerprint density at radius 2 is 1.97 bits per heavy atom. The standard InChI is InChI=1S/C21H23N3O5/c25-20(15-6-7-19(22-12-15)28-17-8-10-27-11-9-17)23-13-18-14-24(21(26)29-18)16-4-2-1-3-5-16/h1-7,12,17-18H,8-11,13-14H2,(H,23,25)/t18-/m0/s1. The third-order valence-electron chi connectivity index (χ3n) is 4.89. The summed E-state index contributed by atoms with van der Waals surface area (Å²) in [4.78, 5) is 30.2. The number of nitrogens with one attached hydrogen (secondary N) is 1. The SMILES string of the molecule is O=C(NC[C@H]1CN(c2ccccc2)C(=O)O1)c1ccc(OC2CCOCC2)nc1. The lowest BCUT2D eigenvalue weighted by molar-refractivity contribution is 0.0237. The molecule has 0 spiro atoms. The van der Waals surface area contributed by atoms with Crippen LogP contribution < -0.4 is 15.0 Å². The second-order valence-electron chi connectivity index (χ2n) is 6.98. The number of cyclic esters (lactones) is 1. The number of hydrogen-bond donors (Lipinski definition) is 1. The Hall–Kier alpha value is -3.13. The Kier molecular flexibility index (Phi) is 5.90. The Labute approximate surface area is 168 Å². The number of rotatable bonds is 6. The molecule has 2 aliphatic rings. The van der Waals surface area contributed by atoms with Gasteiger partial charge in [0.2, 0.25) is 5.88 Å². The number of benzene rings is 1. The van der Waals surface area contributed by atoms with E-state index in [1.54, 1.807) is 17.0 Å². The lowest BCUT2D eigenvalue weighted by atomic mass is 10.1. The van der Waals surface area contributed by atoms with Crippen LogP contribution in [0.25, 0.3) is 0 Å². The molecule has 1 aromatic heterocycles. The molecule has 4 rings (SSSR count). The fourth-order valence-corrected chi connectivity index (χ4v) is 3.30. The third-order valence-corrected chi connectivity index (χ3v) is 4.89. The molecule has 8 heteroatoms. The van der Waals surface area contributed by atoms with Crippen molar-refractivity contribution < 1.29 is 23.8 Å². The third kappa shape index (κ3) is 4.83. The van der Waals surface area contributed by atoms with E-state index in [1.165, 1.54) is 6.20 Å². The van der Waals surface area contributed by atoms with Crippen LogP contribution in [0.4, 0.5) is 10.5 Å². The van der Waals surface area contributed by atoms with Crippen molar-refractivity contribution >= 4 is 17.7 Å². The highest BCUT2D eigenvalue weighted by Crippen LogP contribution is 2.21. The molecule has 1 N–H and O–H groups in total. The molecule has 3 heterocycles. The minimum absolute atomic E-state index is 0.0977. The first-order chi connectivity index (χ1) is 14.2. The summed E-state index contributed by atoms with van der Waals surface area (Å²) >= 11 is 0. The van der Waals surface area contributed by atoms with E-state index in [4.69, 9.17) is 14.2 Å². The van der Waals surface area contributed by atoms with Crippen molar-refractivity contribution in [3.8, 4) is 5.88 Å². The molecule has 0 radical (unpaired) electrons. The Balaban J connectivity index is 1.27. The zero-order valence-electron chi connectivity index (χ0n) is 16.0. The molecular formula is C21H23N3O5. The van der Waals surface area contributed by atoms with Gasteiger partial charge < -0.3 is 19.5 Å². The Bertz CT molecular complexity index is 837. The smallest absolute Gasteiger partial charge is 0.414 e. The number of nitrogens with zero attached hydrogens (tertiary/aromatic N) is 2. The van der Waals surface area contributed by atoms with E-state index in [0.29, 0.717) is 31.2 Å². The van der Waals surface area contributed by atoms with Crippen molar-refractivity contribution in [2.45, 2.75) is 25.0 Å². The molecule has 2 aliphatic heterocycles. The van der Waals surface area contributed by atoms with E-state index in [9.17, 15) is 9.59 Å². The minimum atomic E-state index is -0.410. The summed E-state index contributed by atoms with van der Waals surface area (Å²) in [7, 11) is 0. The number of anilines is 1. The van der Waals surface area contributed by atoms with Gasteiger partial charge in [-0.1, -0.05) is 18.2 Å². The highest BCUT2D eigenvalue weighted by molar-refractivity contribution is 5.94. The normalized spacial score (nSPS) is 19.7. The minimum Gasteiger partial charge on any atom is -0.474 e. The molecule has 2 fully saturated rings. The van der Waals surface area contributed by atoms with E-state index >= 15 is 0 Å². The van der Waals surface area contributed by atoms with E-state index in [0.717, 1.165) is 18.5 Å². The maximum absolute atomic E-state index is 12.4. The molecule has 8 nitrogen and oxygen atoms in total. The van der Waals surface area contributed by atoms with Gasteiger partial charge in [-0.05, 0) is 18.2 Å². The Morgan fingerprint density at radius 1 is 1.17 bits per heavy atom. The highest BCUT2D eigenvalue weighted by atomic mass is 16.6. The fourth-order valence-electron chi connectivity index (χ4n) is 3.30. The number of amides is 2. The molecule has 2 amide bonds. The first-order valence-corrected chi connectivity index (χ1v) is 9.71. The molecule has 2 saturated heterocycles. The predicted molar refractivity (Wildman–Crippen MR) is 105 cm³/mol. The molecule has 2 aromatic rings. The quantitative estimate of drug-likeness (QED) is 0.805. The van der Waals surface area contributed by atoms with Crippen molar-refractivity contribution in [1.29, 1.82) is 0 Å². The number of hydrogen-bond acceptors (Lipinski definition) is 6. The van der Waals surface area contributed by atoms with Gasteiger partial charge in [-0.25, -0.2) is 9.78 Å². The number of carbonyl (C=O) groups is 2. The fraction of sp³-hybridized carbons (Fsp3) is 0.381. The van der Waals surface area contributed by atoms with Crippen molar-refractivity contribution in [1.82, 2.24) is 10.3 Å². The van der Waals surface area contributed by atoms with Gasteiger partial charge in [-0.2, -0.15) is 0 Å². The lowest BCUT2D eigenvalue weighted by Crippen LogP contribution is -2.34. The van der Waals surface area contributed by atoms with Gasteiger partial charge in [-0.3, -0.25) is 9.69 Å². The molecule has 1 aromatic carbocycles. The number of pyridine rings is 1. The van der Waals surface area contributed by atoms with Gasteiger partial charge >= 0.3 is 6.09 Å². The van der Waals surface area contributed by atoms with E-state index in [-0.39, 0.29) is 18.6 Å². The van der Waals surface area contributed by atoms with Crippen LogP contribution in [-0.2, 0) is 9.47 Å². The highest BCUT2D eigenvalue weighted by Gasteiger charge is 2.32. The van der Waals surface area contributed by atoms with Gasteiger partial charge in [0.1, 0.15) is 12.2 Å². The molecule has 0 unspecified atom stereocenters. The van der Waals surface area contributed by atoms with Crippen LogP contribution in [0.2, 0.25) is 0 Å². The van der Waals surface area contributed by atoms with E-state index in [1.807, 2.05) is 30.3 Å². The molecular weight excluding hydrogens is 374 g/mol. The average Bonchev–Trinajstić information content (AvgIpc) is 3.14. The largest absolute Gasteiger partial charge is 0.474 e. The first-order valence-electron chi connectivity index (χ1n) is 9.71. The summed E-state index contributed by atoms with van der Waals surface area (Å²) in [6.07, 6.45) is 2.44. The monoisotopic (exact) mass is 397 g/mol. The van der Waals surface area contributed by atoms with E-state index < -0.39 is 12.2 Å². The van der Waals surface area contributed by atoms with Gasteiger partial charge in [0.25, 0.3) is 5.91 Å². The molecule has 1 atom stereocenters. The van der Waals surface area contributed by atoms with Crippen molar-refractivity contribution in [2.75, 3.05) is 31.2 Å². The van der Waals surface area contributed by atoms with Crippen LogP contribution in [0, 0.1) is 0 Å². The predicted octanol–water partition coefficient (Wildman–Crippen LogP) is 2.39. The van der Waals surface area contributed by atoms with Crippen LogP contribution in [0.5, 0.6) is 5.88 Å². The molecule has 29 heavy (non-hydrogen) atoms. The van der Waals surface area contributed by atoms with Crippen molar-refractivity contribution in [3.63, 3.8) is 0 Å². The van der Waals surface area contributed by atoms with Gasteiger partial charge in [0.15, 0.2) is 0 Å². The summed E-state index contributed by atoms with van der Waals surface area (Å²) in [5.74, 6) is 0.223. The molecule has 0 bridgehead atoms. The molecule has 152 valence electrons. The van der Waals surface area contributed by atoms with Crippen molar-refractivity contribution in [3.05, 3.63) is 54.2 Å². The van der Waals surface area contributed by atoms with Gasteiger partial charge in [0, 0.05) is 30.8 Å². The topological polar surface area (TPSA) is 90.0 Å². The summed E-state index contributed by atoms with van der Waals surface area (Å²) < 4.78 is 16.5. The number of carbonyl (C=O) groups excluding carboxylic acids is 2. The lowest BCUT2D eigenvalue weighted by Gasteiger charge is -2.22. The van der Waals surface area contributed by atoms with Crippen LogP contribution in [0.15, 0.2) is 48.7 Å². The van der Waals surface area contributed by atoms with Crippen LogP contribution >= 0.6 is 0 Å². The van der Waals surface area contributed by atoms with E-state index in [2.05, 4.69) is 10.3 Å². The maximum Gasteiger partial charge on any atom is 0.414 e. The summed E-state index contributed by atoms with van der Waals surface area (Å²) in [6, 6.07) is 12.7. The average molecular weight is 397 g/mol. The first kappa shape index (κ1) is 19.2. The molecule has 0 saturated carbocycles. The number of ether oxygens (including phenoxy) is 3. The van der Waals surface area contributed by atoms with Crippen molar-refractivity contribution in [2.24, 2.45) is 0 Å². The van der Waals surface area contributed by atoms with Crippen LogP contribution in [-0.4, -0.2) is 55.5 Å². The summed E-state index contributed by atoms with van der Waals surface area (Å²) in [6.45, 7) is 2.00. The maximum atomic E-state index is 12.4. The second-order valence-corrected chi connectivity index (χ2v) is 6.98. The summed E-state index contributed by atoms with van der Waals surface area (Å²) in [5.41, 5.74) is 1.20. The van der Waals surface area contributed by atoms with Gasteiger partial charge in [-0.15, -0.1) is 0 Å².